The molecule has 0 amide bonds. The number of hydrogen-bond acceptors (Lipinski definition) is 6. The minimum atomic E-state index is -4.64. The molecule has 11 heteroatoms. The smallest absolute Gasteiger partial charge is 0.433 e. The Bertz CT molecular complexity index is 1270. The molecule has 2 aromatic heterocycles. The molecule has 1 aliphatic heterocycles. The van der Waals surface area contributed by atoms with Crippen LogP contribution in [0.3, 0.4) is 0 Å². The molecule has 0 saturated carbocycles. The third-order valence-corrected chi connectivity index (χ3v) is 5.80. The molecule has 34 heavy (non-hydrogen) atoms. The van der Waals surface area contributed by atoms with Crippen LogP contribution in [0.25, 0.3) is 0 Å². The van der Waals surface area contributed by atoms with E-state index >= 15 is 0 Å². The molecule has 180 valence electrons. The number of fused-ring (bicyclic) bond motifs is 1. The van der Waals surface area contributed by atoms with E-state index in [0.29, 0.717) is 24.0 Å². The normalized spacial score (nSPS) is 15.1. The lowest BCUT2D eigenvalue weighted by atomic mass is 9.96. The lowest BCUT2D eigenvalue weighted by Crippen LogP contribution is -2.49. The average molecular weight is 478 g/mol. The summed E-state index contributed by atoms with van der Waals surface area (Å²) in [6, 6.07) is 7.48. The minimum Gasteiger partial charge on any atom is -0.473 e. The highest BCUT2D eigenvalue weighted by Gasteiger charge is 2.33. The zero-order valence-electron chi connectivity index (χ0n) is 18.7. The maximum atomic E-state index is 14.5. The monoisotopic (exact) mass is 478 g/mol. The maximum Gasteiger partial charge on any atom is 0.433 e. The molecule has 0 unspecified atom stereocenters. The van der Waals surface area contributed by atoms with Gasteiger partial charge in [-0.05, 0) is 44.0 Å². The van der Waals surface area contributed by atoms with Crippen LogP contribution >= 0.6 is 0 Å². The summed E-state index contributed by atoms with van der Waals surface area (Å²) in [7, 11) is 1.89. The summed E-state index contributed by atoms with van der Waals surface area (Å²) in [5, 5.41) is 0. The van der Waals surface area contributed by atoms with E-state index in [1.165, 1.54) is 18.2 Å². The number of rotatable bonds is 5. The predicted molar refractivity (Wildman–Crippen MR) is 116 cm³/mol. The summed E-state index contributed by atoms with van der Waals surface area (Å²) in [6.45, 7) is 4.62. The van der Waals surface area contributed by atoms with Crippen molar-refractivity contribution in [1.82, 2.24) is 14.5 Å². The third-order valence-electron chi connectivity index (χ3n) is 5.80. The van der Waals surface area contributed by atoms with Crippen LogP contribution in [-0.4, -0.2) is 27.1 Å². The highest BCUT2D eigenvalue weighted by Crippen LogP contribution is 2.33. The number of alkyl halides is 3. The molecule has 0 fully saturated rings. The summed E-state index contributed by atoms with van der Waals surface area (Å²) in [5.41, 5.74) is -1.29. The Balaban J connectivity index is 1.48. The minimum absolute atomic E-state index is 0.0757. The van der Waals surface area contributed by atoms with E-state index in [4.69, 9.17) is 9.47 Å². The van der Waals surface area contributed by atoms with E-state index in [1.807, 2.05) is 11.9 Å². The van der Waals surface area contributed by atoms with Crippen LogP contribution in [0.1, 0.15) is 31.5 Å². The summed E-state index contributed by atoms with van der Waals surface area (Å²) >= 11 is 0. The second-order valence-corrected chi connectivity index (χ2v) is 8.54. The lowest BCUT2D eigenvalue weighted by Gasteiger charge is -2.42. The molecule has 4 rings (SSSR count). The molecule has 0 atom stereocenters. The second-order valence-electron chi connectivity index (χ2n) is 8.54. The van der Waals surface area contributed by atoms with E-state index in [0.717, 1.165) is 18.7 Å². The van der Waals surface area contributed by atoms with Gasteiger partial charge >= 0.3 is 11.9 Å². The molecule has 0 spiro atoms. The Morgan fingerprint density at radius 3 is 2.62 bits per heavy atom. The molecular formula is C23H22F4N4O3. The van der Waals surface area contributed by atoms with Crippen molar-refractivity contribution in [3.8, 4) is 17.4 Å². The summed E-state index contributed by atoms with van der Waals surface area (Å²) in [5.74, 6) is -0.450. The van der Waals surface area contributed by atoms with E-state index in [9.17, 15) is 22.4 Å². The number of hydrogen-bond donors (Lipinski definition) is 0. The molecule has 0 saturated heterocycles. The van der Waals surface area contributed by atoms with Crippen LogP contribution in [0.5, 0.6) is 17.4 Å². The number of halogens is 4. The first kappa shape index (κ1) is 23.5. The van der Waals surface area contributed by atoms with Gasteiger partial charge in [0.1, 0.15) is 23.9 Å². The standard InChI is InChI=1S/C23H22F4N4O3/c1-22(2)7-9-31-20(30(22)3)12-19(29-21(31)32)33-13-14-4-5-17(16(24)10-14)34-15-6-8-28-18(11-15)23(25,26)27/h4-6,8,10-12H,7,9,13H2,1-3H3. The molecule has 7 nitrogen and oxygen atoms in total. The topological polar surface area (TPSA) is 69.5 Å². The fraction of sp³-hybridized carbons (Fsp3) is 0.348. The molecule has 0 radical (unpaired) electrons. The second kappa shape index (κ2) is 8.62. The maximum absolute atomic E-state index is 14.5. The quantitative estimate of drug-likeness (QED) is 0.492. The number of pyridine rings is 1. The Labute approximate surface area is 192 Å². The molecule has 0 N–H and O–H groups in total. The van der Waals surface area contributed by atoms with Gasteiger partial charge in [-0.15, -0.1) is 0 Å². The molecule has 3 heterocycles. The van der Waals surface area contributed by atoms with Gasteiger partial charge in [0.2, 0.25) is 5.88 Å². The van der Waals surface area contributed by atoms with Gasteiger partial charge in [0.15, 0.2) is 11.6 Å². The fourth-order valence-electron chi connectivity index (χ4n) is 3.53. The number of benzene rings is 1. The molecular weight excluding hydrogens is 456 g/mol. The van der Waals surface area contributed by atoms with Crippen LogP contribution in [0.4, 0.5) is 23.4 Å². The van der Waals surface area contributed by atoms with Gasteiger partial charge < -0.3 is 14.4 Å². The zero-order chi connectivity index (χ0) is 24.7. The lowest BCUT2D eigenvalue weighted by molar-refractivity contribution is -0.141. The summed E-state index contributed by atoms with van der Waals surface area (Å²) in [4.78, 5) is 21.6. The van der Waals surface area contributed by atoms with Gasteiger partial charge in [-0.3, -0.25) is 9.55 Å². The first-order valence-electron chi connectivity index (χ1n) is 10.4. The summed E-state index contributed by atoms with van der Waals surface area (Å²) < 4.78 is 65.4. The first-order chi connectivity index (χ1) is 15.9. The van der Waals surface area contributed by atoms with Gasteiger partial charge in [0.05, 0.1) is 0 Å². The van der Waals surface area contributed by atoms with Crippen LogP contribution in [-0.2, 0) is 19.3 Å². The first-order valence-corrected chi connectivity index (χ1v) is 10.4. The van der Waals surface area contributed by atoms with Crippen molar-refractivity contribution in [2.45, 2.75) is 45.1 Å². The van der Waals surface area contributed by atoms with Crippen LogP contribution in [0, 0.1) is 5.82 Å². The van der Waals surface area contributed by atoms with Crippen molar-refractivity contribution in [3.05, 3.63) is 70.2 Å². The molecule has 1 aromatic carbocycles. The highest BCUT2D eigenvalue weighted by atomic mass is 19.4. The van der Waals surface area contributed by atoms with Gasteiger partial charge in [-0.1, -0.05) is 6.07 Å². The Morgan fingerprint density at radius 2 is 1.91 bits per heavy atom. The van der Waals surface area contributed by atoms with Crippen molar-refractivity contribution in [2.24, 2.45) is 0 Å². The zero-order valence-corrected chi connectivity index (χ0v) is 18.7. The van der Waals surface area contributed by atoms with Gasteiger partial charge in [0.25, 0.3) is 0 Å². The van der Waals surface area contributed by atoms with E-state index in [-0.39, 0.29) is 29.5 Å². The van der Waals surface area contributed by atoms with Gasteiger partial charge in [-0.25, -0.2) is 9.18 Å². The number of ether oxygens (including phenoxy) is 2. The van der Waals surface area contributed by atoms with E-state index < -0.39 is 23.4 Å². The number of anilines is 1. The van der Waals surface area contributed by atoms with Gasteiger partial charge in [-0.2, -0.15) is 18.2 Å². The van der Waals surface area contributed by atoms with Crippen LogP contribution < -0.4 is 20.1 Å². The Morgan fingerprint density at radius 1 is 1.15 bits per heavy atom. The Kier molecular flexibility index (Phi) is 5.96. The van der Waals surface area contributed by atoms with Crippen molar-refractivity contribution < 1.29 is 27.0 Å². The number of aromatic nitrogens is 3. The average Bonchev–Trinajstić information content (AvgIpc) is 2.76. The third kappa shape index (κ3) is 4.82. The molecule has 0 aliphatic carbocycles. The van der Waals surface area contributed by atoms with Crippen molar-refractivity contribution in [1.29, 1.82) is 0 Å². The van der Waals surface area contributed by atoms with E-state index in [1.54, 1.807) is 10.6 Å². The largest absolute Gasteiger partial charge is 0.473 e. The highest BCUT2D eigenvalue weighted by molar-refractivity contribution is 5.46. The molecule has 1 aliphatic rings. The predicted octanol–water partition coefficient (Wildman–Crippen LogP) is 4.79. The molecule has 0 bridgehead atoms. The number of nitrogens with zero attached hydrogens (tertiary/aromatic N) is 4. The SMILES string of the molecule is CN1c2cc(OCc3ccc(Oc4ccnc(C(F)(F)F)c4)c(F)c3)nc(=O)n2CCC1(C)C. The van der Waals surface area contributed by atoms with Crippen LogP contribution in [0.15, 0.2) is 47.4 Å². The fourth-order valence-corrected chi connectivity index (χ4v) is 3.53. The van der Waals surface area contributed by atoms with E-state index in [2.05, 4.69) is 23.8 Å². The molecule has 3 aromatic rings. The van der Waals surface area contributed by atoms with Crippen LogP contribution in [0.2, 0.25) is 0 Å². The van der Waals surface area contributed by atoms with Crippen molar-refractivity contribution >= 4 is 5.82 Å². The van der Waals surface area contributed by atoms with Crippen molar-refractivity contribution in [3.63, 3.8) is 0 Å². The van der Waals surface area contributed by atoms with Crippen molar-refractivity contribution in [2.75, 3.05) is 11.9 Å². The Hall–Kier alpha value is -3.63. The van der Waals surface area contributed by atoms with Gasteiger partial charge in [0, 0.05) is 37.5 Å². The summed E-state index contributed by atoms with van der Waals surface area (Å²) in [6.07, 6.45) is -2.91.